The molecular weight excluding hydrogens is 299 g/mol. The number of hydrogen-bond acceptors (Lipinski definition) is 3. The Labute approximate surface area is 127 Å². The molecule has 0 aliphatic carbocycles. The van der Waals surface area contributed by atoms with Crippen molar-refractivity contribution in [2.45, 2.75) is 58.4 Å². The second kappa shape index (κ2) is 6.60. The number of alkyl halides is 3. The second-order valence-electron chi connectivity index (χ2n) is 5.66. The number of rotatable bonds is 4. The lowest BCUT2D eigenvalue weighted by Gasteiger charge is -2.26. The Morgan fingerprint density at radius 1 is 1.43 bits per heavy atom. The summed E-state index contributed by atoms with van der Waals surface area (Å²) < 4.78 is 38.7. The Morgan fingerprint density at radius 3 is 2.71 bits per heavy atom. The first kappa shape index (κ1) is 16.7. The van der Waals surface area contributed by atoms with E-state index in [9.17, 15) is 13.2 Å². The molecule has 0 amide bonds. The molecule has 120 valence electrons. The third kappa shape index (κ3) is 4.39. The largest absolute Gasteiger partial charge is 0.408 e. The fourth-order valence-electron chi connectivity index (χ4n) is 2.97. The van der Waals surface area contributed by atoms with E-state index in [1.807, 2.05) is 18.7 Å². The first-order valence-electron chi connectivity index (χ1n) is 7.22. The van der Waals surface area contributed by atoms with Crippen molar-refractivity contribution < 1.29 is 13.2 Å². The van der Waals surface area contributed by atoms with Crippen molar-refractivity contribution in [1.82, 2.24) is 15.1 Å². The summed E-state index contributed by atoms with van der Waals surface area (Å²) in [6.07, 6.45) is -1.91. The Bertz CT molecular complexity index is 479. The van der Waals surface area contributed by atoms with Crippen molar-refractivity contribution in [1.29, 1.82) is 0 Å². The summed E-state index contributed by atoms with van der Waals surface area (Å²) in [6.45, 7) is 4.48. The van der Waals surface area contributed by atoms with Crippen LogP contribution in [0.3, 0.4) is 0 Å². The minimum Gasteiger partial charge on any atom is -0.306 e. The summed E-state index contributed by atoms with van der Waals surface area (Å²) in [4.78, 5) is 0. The first-order chi connectivity index (χ1) is 9.78. The molecule has 0 spiro atoms. The topological polar surface area (TPSA) is 29.9 Å². The fourth-order valence-corrected chi connectivity index (χ4v) is 4.06. The zero-order valence-electron chi connectivity index (χ0n) is 12.6. The van der Waals surface area contributed by atoms with E-state index in [2.05, 4.69) is 10.4 Å². The lowest BCUT2D eigenvalue weighted by Crippen LogP contribution is -2.36. The number of hydrogen-bond donors (Lipinski definition) is 1. The van der Waals surface area contributed by atoms with Gasteiger partial charge in [-0.2, -0.15) is 30.0 Å². The van der Waals surface area contributed by atoms with Gasteiger partial charge in [0.15, 0.2) is 0 Å². The molecule has 0 radical (unpaired) electrons. The predicted molar refractivity (Wildman–Crippen MR) is 79.7 cm³/mol. The van der Waals surface area contributed by atoms with E-state index in [1.165, 1.54) is 12.2 Å². The highest BCUT2D eigenvalue weighted by Gasteiger charge is 2.31. The highest BCUT2D eigenvalue weighted by molar-refractivity contribution is 7.99. The lowest BCUT2D eigenvalue weighted by atomic mass is 10.0. The average molecular weight is 321 g/mol. The molecule has 1 saturated heterocycles. The molecule has 1 N–H and O–H groups in total. The van der Waals surface area contributed by atoms with Crippen LogP contribution in [0.4, 0.5) is 13.2 Å². The van der Waals surface area contributed by atoms with Gasteiger partial charge in [0, 0.05) is 29.1 Å². The van der Waals surface area contributed by atoms with Gasteiger partial charge in [-0.05, 0) is 39.4 Å². The quantitative estimate of drug-likeness (QED) is 0.919. The summed E-state index contributed by atoms with van der Waals surface area (Å²) in [5, 5.41) is 7.60. The number of aryl methyl sites for hydroxylation is 1. The SMILES string of the molecule is Cc1nn(CC(F)(F)F)c(C)c1[C@H](C)N[C@H]1CCCSC1. The van der Waals surface area contributed by atoms with Crippen molar-refractivity contribution in [3.63, 3.8) is 0 Å². The molecular formula is C14H22F3N3S. The van der Waals surface area contributed by atoms with Crippen LogP contribution in [-0.2, 0) is 6.54 Å². The maximum absolute atomic E-state index is 12.6. The highest BCUT2D eigenvalue weighted by Crippen LogP contribution is 2.26. The van der Waals surface area contributed by atoms with Crippen molar-refractivity contribution in [2.24, 2.45) is 0 Å². The summed E-state index contributed by atoms with van der Waals surface area (Å²) in [5.74, 6) is 2.27. The van der Waals surface area contributed by atoms with E-state index < -0.39 is 12.7 Å². The molecule has 21 heavy (non-hydrogen) atoms. The number of halogens is 3. The molecule has 0 bridgehead atoms. The Kier molecular flexibility index (Phi) is 5.24. The maximum Gasteiger partial charge on any atom is 0.408 e. The van der Waals surface area contributed by atoms with Gasteiger partial charge in [-0.3, -0.25) is 4.68 Å². The standard InChI is InChI=1S/C14H22F3N3S/c1-9(18-12-5-4-6-21-7-12)13-10(2)19-20(11(13)3)8-14(15,16)17/h9,12,18H,4-8H2,1-3H3/t9-,12-/m0/s1. The van der Waals surface area contributed by atoms with Gasteiger partial charge in [-0.15, -0.1) is 0 Å². The van der Waals surface area contributed by atoms with Gasteiger partial charge < -0.3 is 5.32 Å². The molecule has 3 nitrogen and oxygen atoms in total. The van der Waals surface area contributed by atoms with Crippen LogP contribution in [0.25, 0.3) is 0 Å². The van der Waals surface area contributed by atoms with E-state index >= 15 is 0 Å². The van der Waals surface area contributed by atoms with Crippen LogP contribution in [0, 0.1) is 13.8 Å². The molecule has 7 heteroatoms. The van der Waals surface area contributed by atoms with Gasteiger partial charge in [-0.25, -0.2) is 0 Å². The number of nitrogens with zero attached hydrogens (tertiary/aromatic N) is 2. The molecule has 2 rings (SSSR count). The summed E-state index contributed by atoms with van der Waals surface area (Å²) in [7, 11) is 0. The molecule has 1 aromatic heterocycles. The van der Waals surface area contributed by atoms with Crippen LogP contribution in [0.15, 0.2) is 0 Å². The van der Waals surface area contributed by atoms with E-state index in [0.717, 1.165) is 22.4 Å². The van der Waals surface area contributed by atoms with Crippen LogP contribution < -0.4 is 5.32 Å². The normalized spacial score (nSPS) is 21.5. The van der Waals surface area contributed by atoms with Crippen LogP contribution in [0.2, 0.25) is 0 Å². The zero-order chi connectivity index (χ0) is 15.6. The smallest absolute Gasteiger partial charge is 0.306 e. The van der Waals surface area contributed by atoms with Crippen LogP contribution in [0.1, 0.15) is 42.8 Å². The van der Waals surface area contributed by atoms with E-state index in [1.54, 1.807) is 13.8 Å². The van der Waals surface area contributed by atoms with Gasteiger partial charge >= 0.3 is 6.18 Å². The lowest BCUT2D eigenvalue weighted by molar-refractivity contribution is -0.142. The minimum atomic E-state index is -4.24. The van der Waals surface area contributed by atoms with Gasteiger partial charge in [-0.1, -0.05) is 0 Å². The molecule has 1 aromatic rings. The van der Waals surface area contributed by atoms with Crippen LogP contribution in [-0.4, -0.2) is 33.5 Å². The van der Waals surface area contributed by atoms with Gasteiger partial charge in [0.2, 0.25) is 0 Å². The minimum absolute atomic E-state index is 0.0238. The number of aromatic nitrogens is 2. The Balaban J connectivity index is 2.11. The molecule has 2 atom stereocenters. The van der Waals surface area contributed by atoms with E-state index in [4.69, 9.17) is 0 Å². The zero-order valence-corrected chi connectivity index (χ0v) is 13.4. The molecule has 1 aliphatic rings. The molecule has 1 aliphatic heterocycles. The molecule has 0 aromatic carbocycles. The summed E-state index contributed by atoms with van der Waals surface area (Å²) >= 11 is 1.93. The van der Waals surface area contributed by atoms with Crippen molar-refractivity contribution in [3.8, 4) is 0 Å². The molecule has 0 saturated carbocycles. The van der Waals surface area contributed by atoms with Crippen molar-refractivity contribution in [2.75, 3.05) is 11.5 Å². The summed E-state index contributed by atoms with van der Waals surface area (Å²) in [5.41, 5.74) is 2.18. The average Bonchev–Trinajstić information content (AvgIpc) is 2.63. The number of nitrogens with one attached hydrogen (secondary N) is 1. The van der Waals surface area contributed by atoms with Gasteiger partial charge in [0.05, 0.1) is 5.69 Å². The first-order valence-corrected chi connectivity index (χ1v) is 8.38. The number of thioether (sulfide) groups is 1. The highest BCUT2D eigenvalue weighted by atomic mass is 32.2. The molecule has 2 heterocycles. The Hall–Kier alpha value is -0.690. The van der Waals surface area contributed by atoms with E-state index in [-0.39, 0.29) is 6.04 Å². The van der Waals surface area contributed by atoms with Crippen LogP contribution >= 0.6 is 11.8 Å². The molecule has 1 fully saturated rings. The predicted octanol–water partition coefficient (Wildman–Crippen LogP) is 3.61. The van der Waals surface area contributed by atoms with Gasteiger partial charge in [0.1, 0.15) is 6.54 Å². The van der Waals surface area contributed by atoms with Crippen LogP contribution in [0.5, 0.6) is 0 Å². The Morgan fingerprint density at radius 2 is 2.14 bits per heavy atom. The second-order valence-corrected chi connectivity index (χ2v) is 6.81. The van der Waals surface area contributed by atoms with E-state index in [0.29, 0.717) is 17.4 Å². The fraction of sp³-hybridized carbons (Fsp3) is 0.786. The monoisotopic (exact) mass is 321 g/mol. The van der Waals surface area contributed by atoms with Crippen molar-refractivity contribution in [3.05, 3.63) is 17.0 Å². The third-order valence-corrected chi connectivity index (χ3v) is 5.06. The van der Waals surface area contributed by atoms with Gasteiger partial charge in [0.25, 0.3) is 0 Å². The van der Waals surface area contributed by atoms with Crippen molar-refractivity contribution >= 4 is 11.8 Å². The summed E-state index contributed by atoms with van der Waals surface area (Å²) in [6, 6.07) is 0.458. The third-order valence-electron chi connectivity index (χ3n) is 3.85. The molecule has 0 unspecified atom stereocenters. The maximum atomic E-state index is 12.6.